The van der Waals surface area contributed by atoms with Crippen molar-refractivity contribution in [1.29, 1.82) is 0 Å². The molecule has 1 fully saturated rings. The molecule has 1 aliphatic heterocycles. The Balaban J connectivity index is 0.00000264. The van der Waals surface area contributed by atoms with E-state index in [9.17, 15) is 17.6 Å². The van der Waals surface area contributed by atoms with E-state index in [1.54, 1.807) is 0 Å². The van der Waals surface area contributed by atoms with Gasteiger partial charge in [-0.3, -0.25) is 4.90 Å². The lowest BCUT2D eigenvalue weighted by atomic mass is 9.93. The Labute approximate surface area is 152 Å². The molecule has 1 aromatic carbocycles. The molecule has 0 unspecified atom stereocenters. The van der Waals surface area contributed by atoms with Crippen LogP contribution in [0.5, 0.6) is 0 Å². The molecule has 0 aromatic heterocycles. The smallest absolute Gasteiger partial charge is 0.314 e. The zero-order valence-electron chi connectivity index (χ0n) is 13.7. The summed E-state index contributed by atoms with van der Waals surface area (Å²) in [5, 5.41) is 3.24. The first-order valence-corrected chi connectivity index (χ1v) is 7.60. The maximum Gasteiger partial charge on any atom is 0.419 e. The Morgan fingerprint density at radius 3 is 2.21 bits per heavy atom. The summed E-state index contributed by atoms with van der Waals surface area (Å²) >= 11 is 0. The van der Waals surface area contributed by atoms with Crippen molar-refractivity contribution in [2.45, 2.75) is 32.5 Å². The van der Waals surface area contributed by atoms with Gasteiger partial charge in [0.2, 0.25) is 0 Å². The van der Waals surface area contributed by atoms with Crippen LogP contribution < -0.4 is 5.32 Å². The number of rotatable bonds is 4. The minimum absolute atomic E-state index is 0. The van der Waals surface area contributed by atoms with Gasteiger partial charge in [0.15, 0.2) is 0 Å². The van der Waals surface area contributed by atoms with Gasteiger partial charge >= 0.3 is 6.18 Å². The summed E-state index contributed by atoms with van der Waals surface area (Å²) in [6, 6.07) is 3.29. The number of hydrogen-bond donors (Lipinski definition) is 1. The van der Waals surface area contributed by atoms with Crippen LogP contribution in [-0.4, -0.2) is 31.1 Å². The van der Waals surface area contributed by atoms with Gasteiger partial charge in [-0.05, 0) is 30.0 Å². The first-order valence-electron chi connectivity index (χ1n) is 7.60. The Bertz CT molecular complexity index is 503. The van der Waals surface area contributed by atoms with Gasteiger partial charge in [0, 0.05) is 32.2 Å². The van der Waals surface area contributed by atoms with Crippen molar-refractivity contribution >= 4 is 24.8 Å². The van der Waals surface area contributed by atoms with Gasteiger partial charge in [-0.25, -0.2) is 4.39 Å². The predicted molar refractivity (Wildman–Crippen MR) is 92.5 cm³/mol. The summed E-state index contributed by atoms with van der Waals surface area (Å²) in [5.74, 6) is -0.862. The third-order valence-corrected chi connectivity index (χ3v) is 3.97. The molecule has 24 heavy (non-hydrogen) atoms. The predicted octanol–water partition coefficient (Wildman–Crippen LogP) is 4.68. The van der Waals surface area contributed by atoms with Gasteiger partial charge in [-0.1, -0.05) is 19.9 Å². The van der Waals surface area contributed by atoms with Crippen LogP contribution in [0.3, 0.4) is 0 Å². The quantitative estimate of drug-likeness (QED) is 0.750. The molecular weight excluding hydrogens is 367 g/mol. The molecule has 0 bridgehead atoms. The number of alkyl halides is 3. The molecule has 2 nitrogen and oxygen atoms in total. The van der Waals surface area contributed by atoms with E-state index in [4.69, 9.17) is 0 Å². The van der Waals surface area contributed by atoms with Crippen LogP contribution in [0.25, 0.3) is 0 Å². The third-order valence-electron chi connectivity index (χ3n) is 3.97. The lowest BCUT2D eigenvalue weighted by Gasteiger charge is -2.36. The van der Waals surface area contributed by atoms with E-state index in [1.165, 1.54) is 6.07 Å². The van der Waals surface area contributed by atoms with Crippen LogP contribution in [0.15, 0.2) is 18.2 Å². The monoisotopic (exact) mass is 390 g/mol. The maximum absolute atomic E-state index is 13.5. The van der Waals surface area contributed by atoms with E-state index in [-0.39, 0.29) is 30.9 Å². The molecule has 1 heterocycles. The molecular formula is C16H24Cl2F4N2. The van der Waals surface area contributed by atoms with Gasteiger partial charge in [-0.2, -0.15) is 13.2 Å². The second-order valence-electron chi connectivity index (χ2n) is 6.17. The van der Waals surface area contributed by atoms with Crippen molar-refractivity contribution in [1.82, 2.24) is 10.2 Å². The fourth-order valence-electron chi connectivity index (χ4n) is 2.90. The highest BCUT2D eigenvalue weighted by Crippen LogP contribution is 2.35. The molecule has 1 aliphatic rings. The topological polar surface area (TPSA) is 15.3 Å². The molecule has 8 heteroatoms. The average molecular weight is 391 g/mol. The summed E-state index contributed by atoms with van der Waals surface area (Å²) in [6.07, 6.45) is -3.91. The lowest BCUT2D eigenvalue weighted by Crippen LogP contribution is -2.45. The van der Waals surface area contributed by atoms with Crippen LogP contribution in [-0.2, 0) is 6.18 Å². The summed E-state index contributed by atoms with van der Waals surface area (Å²) in [5.41, 5.74) is -0.627. The summed E-state index contributed by atoms with van der Waals surface area (Å²) in [6.45, 7) is 7.31. The van der Waals surface area contributed by atoms with Gasteiger partial charge in [0.25, 0.3) is 0 Å². The molecule has 1 saturated heterocycles. The van der Waals surface area contributed by atoms with Crippen LogP contribution in [0, 0.1) is 11.7 Å². The first kappa shape index (κ1) is 23.4. The summed E-state index contributed by atoms with van der Waals surface area (Å²) < 4.78 is 52.3. The Hall–Kier alpha value is -0.560. The molecule has 0 amide bonds. The molecule has 0 spiro atoms. The van der Waals surface area contributed by atoms with Crippen molar-refractivity contribution in [3.8, 4) is 0 Å². The maximum atomic E-state index is 13.5. The number of halogens is 6. The molecule has 0 aliphatic carbocycles. The van der Waals surface area contributed by atoms with E-state index in [1.807, 2.05) is 13.8 Å². The van der Waals surface area contributed by atoms with Crippen molar-refractivity contribution < 1.29 is 17.6 Å². The van der Waals surface area contributed by atoms with Crippen molar-refractivity contribution in [3.05, 3.63) is 35.1 Å². The fourth-order valence-corrected chi connectivity index (χ4v) is 2.90. The van der Waals surface area contributed by atoms with Crippen LogP contribution in [0.2, 0.25) is 0 Å². The first-order chi connectivity index (χ1) is 10.3. The Morgan fingerprint density at radius 2 is 1.71 bits per heavy atom. The second-order valence-corrected chi connectivity index (χ2v) is 6.17. The molecule has 1 atom stereocenters. The van der Waals surface area contributed by atoms with Gasteiger partial charge in [-0.15, -0.1) is 24.8 Å². The standard InChI is InChI=1S/C16H22F4N2.2ClH/c1-11(2)9-15(22-7-5-21-6-8-22)12-3-4-14(17)13(10-12)16(18,19)20;;/h3-4,10-11,15,21H,5-9H2,1-2H3;2*1H/t15-;;/m1../s1. The van der Waals surface area contributed by atoms with E-state index in [2.05, 4.69) is 10.2 Å². The molecule has 0 radical (unpaired) electrons. The van der Waals surface area contributed by atoms with Crippen molar-refractivity contribution in [2.24, 2.45) is 5.92 Å². The third kappa shape index (κ3) is 6.06. The molecule has 1 aromatic rings. The Morgan fingerprint density at radius 1 is 1.12 bits per heavy atom. The van der Waals surface area contributed by atoms with Gasteiger partial charge in [0.1, 0.15) is 5.82 Å². The average Bonchev–Trinajstić information content (AvgIpc) is 2.45. The largest absolute Gasteiger partial charge is 0.419 e. The fraction of sp³-hybridized carbons (Fsp3) is 0.625. The van der Waals surface area contributed by atoms with Crippen LogP contribution in [0.4, 0.5) is 17.6 Å². The summed E-state index contributed by atoms with van der Waals surface area (Å²) in [4.78, 5) is 2.18. The highest BCUT2D eigenvalue weighted by molar-refractivity contribution is 5.85. The highest BCUT2D eigenvalue weighted by atomic mass is 35.5. The van der Waals surface area contributed by atoms with E-state index in [0.29, 0.717) is 11.5 Å². The summed E-state index contributed by atoms with van der Waals surface area (Å²) in [7, 11) is 0. The van der Waals surface area contributed by atoms with Crippen molar-refractivity contribution in [2.75, 3.05) is 26.2 Å². The SMILES string of the molecule is CC(C)C[C@H](c1ccc(F)c(C(F)(F)F)c1)N1CCNCC1.Cl.Cl. The minimum atomic E-state index is -4.66. The van der Waals surface area contributed by atoms with E-state index < -0.39 is 17.6 Å². The molecule has 1 N–H and O–H groups in total. The van der Waals surface area contributed by atoms with E-state index in [0.717, 1.165) is 44.7 Å². The number of benzene rings is 1. The number of hydrogen-bond acceptors (Lipinski definition) is 2. The Kier molecular flexibility index (Phi) is 9.57. The minimum Gasteiger partial charge on any atom is -0.314 e. The zero-order chi connectivity index (χ0) is 16.3. The van der Waals surface area contributed by atoms with Crippen LogP contribution >= 0.6 is 24.8 Å². The number of nitrogens with zero attached hydrogens (tertiary/aromatic N) is 1. The lowest BCUT2D eigenvalue weighted by molar-refractivity contribution is -0.140. The van der Waals surface area contributed by atoms with Gasteiger partial charge in [0.05, 0.1) is 5.56 Å². The van der Waals surface area contributed by atoms with Crippen molar-refractivity contribution in [3.63, 3.8) is 0 Å². The normalized spacial score (nSPS) is 17.1. The zero-order valence-corrected chi connectivity index (χ0v) is 15.3. The highest BCUT2D eigenvalue weighted by Gasteiger charge is 2.35. The second kappa shape index (κ2) is 9.80. The molecule has 2 rings (SSSR count). The number of nitrogens with one attached hydrogen (secondary N) is 1. The van der Waals surface area contributed by atoms with E-state index >= 15 is 0 Å². The molecule has 140 valence electrons. The number of piperazine rings is 1. The molecule has 0 saturated carbocycles. The van der Waals surface area contributed by atoms with Crippen LogP contribution in [0.1, 0.15) is 37.4 Å². The van der Waals surface area contributed by atoms with Gasteiger partial charge < -0.3 is 5.32 Å².